The first-order valence-corrected chi connectivity index (χ1v) is 18.4. The summed E-state index contributed by atoms with van der Waals surface area (Å²) in [6, 6.07) is 16.4. The van der Waals surface area contributed by atoms with Crippen molar-refractivity contribution in [2.24, 2.45) is 5.10 Å². The number of nitrogens with zero attached hydrogens (tertiary/aromatic N) is 5. The molecule has 2 rings (SSSR count). The van der Waals surface area contributed by atoms with Crippen LogP contribution in [-0.2, 0) is 11.8 Å². The summed E-state index contributed by atoms with van der Waals surface area (Å²) in [5.41, 5.74) is 3.21. The van der Waals surface area contributed by atoms with Gasteiger partial charge in [-0.3, -0.25) is 10.2 Å². The molecule has 0 heterocycles. The monoisotopic (exact) mass is 627 g/mol. The van der Waals surface area contributed by atoms with E-state index in [1.165, 1.54) is 5.69 Å². The highest BCUT2D eigenvalue weighted by molar-refractivity contribution is 8.11. The summed E-state index contributed by atoms with van der Waals surface area (Å²) < 4.78 is 7.98. The van der Waals surface area contributed by atoms with Crippen LogP contribution in [0.2, 0.25) is 0 Å². The zero-order chi connectivity index (χ0) is 31.5. The first-order valence-electron chi connectivity index (χ1n) is 15.7. The first kappa shape index (κ1) is 36.8. The fraction of sp³-hybridized carbons (Fsp3) is 0.545. The quantitative estimate of drug-likeness (QED) is 0.0836. The Morgan fingerprint density at radius 1 is 0.814 bits per heavy atom. The minimum Gasteiger partial charge on any atom is -0.492 e. The third-order valence-corrected chi connectivity index (χ3v) is 11.2. The topological polar surface area (TPSA) is 58.6 Å². The molecule has 2 aromatic carbocycles. The van der Waals surface area contributed by atoms with Crippen molar-refractivity contribution in [2.45, 2.75) is 41.5 Å². The van der Waals surface area contributed by atoms with Gasteiger partial charge in [-0.15, -0.1) is 5.92 Å². The highest BCUT2D eigenvalue weighted by Crippen LogP contribution is 2.39. The molecule has 0 amide bonds. The van der Waals surface area contributed by atoms with Crippen molar-refractivity contribution in [2.75, 3.05) is 84.0 Å². The van der Waals surface area contributed by atoms with Gasteiger partial charge in [0, 0.05) is 51.0 Å². The Labute approximate surface area is 267 Å². The molecule has 0 aliphatic heterocycles. The molecule has 0 atom stereocenters. The summed E-state index contributed by atoms with van der Waals surface area (Å²) in [4.78, 5) is 7.10. The summed E-state index contributed by atoms with van der Waals surface area (Å²) in [5, 5.41) is 12.1. The second-order valence-corrected chi connectivity index (χ2v) is 14.0. The van der Waals surface area contributed by atoms with Crippen LogP contribution in [0.1, 0.15) is 52.7 Å². The molecular formula is C33H54N7OPS. The zero-order valence-electron chi connectivity index (χ0n) is 27.5. The lowest BCUT2D eigenvalue weighted by atomic mass is 10.2. The molecule has 0 aliphatic rings. The molecule has 0 aliphatic carbocycles. The van der Waals surface area contributed by atoms with E-state index in [4.69, 9.17) is 21.6 Å². The van der Waals surface area contributed by atoms with Crippen LogP contribution in [0.4, 0.5) is 5.69 Å². The lowest BCUT2D eigenvalue weighted by Crippen LogP contribution is -2.39. The molecule has 0 unspecified atom stereocenters. The Kier molecular flexibility index (Phi) is 17.5. The summed E-state index contributed by atoms with van der Waals surface area (Å²) in [7, 11) is 1.97. The van der Waals surface area contributed by atoms with Gasteiger partial charge in [-0.2, -0.15) is 5.10 Å². The number of hydrazone groups is 1. The van der Waals surface area contributed by atoms with Crippen LogP contribution < -0.4 is 19.8 Å². The first-order chi connectivity index (χ1) is 20.8. The SMILES string of the molecule is CC#Cc1ccc(N(CC)CCOc2ccc(/C=N/N(C)P(=S)(NCCN(CC)CC)NCCN(CC)CC)cc2)cc1. The predicted octanol–water partition coefficient (Wildman–Crippen LogP) is 5.32. The van der Waals surface area contributed by atoms with Gasteiger partial charge in [0.05, 0.1) is 12.8 Å². The molecular weight excluding hydrogens is 573 g/mol. The molecule has 0 radical (unpaired) electrons. The average Bonchev–Trinajstić information content (AvgIpc) is 3.03. The van der Waals surface area contributed by atoms with E-state index in [9.17, 15) is 0 Å². The van der Waals surface area contributed by atoms with Gasteiger partial charge in [0.15, 0.2) is 6.49 Å². The number of benzene rings is 2. The van der Waals surface area contributed by atoms with Crippen LogP contribution >= 0.6 is 6.49 Å². The van der Waals surface area contributed by atoms with Crippen molar-refractivity contribution in [3.05, 3.63) is 59.7 Å². The van der Waals surface area contributed by atoms with Crippen LogP contribution in [0.3, 0.4) is 0 Å². The fourth-order valence-corrected chi connectivity index (χ4v) is 6.77. The predicted molar refractivity (Wildman–Crippen MR) is 190 cm³/mol. The van der Waals surface area contributed by atoms with Crippen molar-refractivity contribution in [3.63, 3.8) is 0 Å². The Balaban J connectivity index is 1.96. The van der Waals surface area contributed by atoms with Crippen LogP contribution in [-0.4, -0.2) is 99.9 Å². The van der Waals surface area contributed by atoms with Gasteiger partial charge in [0.25, 0.3) is 0 Å². The maximum absolute atomic E-state index is 6.18. The molecule has 10 heteroatoms. The smallest absolute Gasteiger partial charge is 0.179 e. The van der Waals surface area contributed by atoms with Crippen molar-refractivity contribution in [1.82, 2.24) is 24.8 Å². The van der Waals surface area contributed by atoms with Crippen LogP contribution in [0, 0.1) is 11.8 Å². The molecule has 0 aromatic heterocycles. The number of anilines is 1. The van der Waals surface area contributed by atoms with E-state index in [0.717, 1.165) is 82.3 Å². The third-order valence-electron chi connectivity index (χ3n) is 7.47. The molecule has 0 bridgehead atoms. The number of hydrogen-bond donors (Lipinski definition) is 2. The standard InChI is InChI=1S/C33H54N7OPS/c1-8-14-30-15-19-32(20-16-30)40(13-6)27-28-41-33-21-17-31(18-22-33)29-34-37(7)42(43,35-23-25-38(9-2)10-3)36-24-26-39(11-4)12-5/h15-22,29H,9-13,23-28H2,1-7H3,(H2,35,36,43)/b34-29+. The van der Waals surface area contributed by atoms with Crippen LogP contribution in [0.25, 0.3) is 0 Å². The van der Waals surface area contributed by atoms with Gasteiger partial charge >= 0.3 is 0 Å². The molecule has 0 spiro atoms. The van der Waals surface area contributed by atoms with Gasteiger partial charge in [-0.25, -0.2) is 4.78 Å². The van der Waals surface area contributed by atoms with Gasteiger partial charge in [0.2, 0.25) is 0 Å². The van der Waals surface area contributed by atoms with Crippen molar-refractivity contribution >= 4 is 30.2 Å². The minimum atomic E-state index is -2.29. The van der Waals surface area contributed by atoms with Gasteiger partial charge in [-0.05, 0) is 106 Å². The molecule has 0 saturated heterocycles. The van der Waals surface area contributed by atoms with E-state index in [-0.39, 0.29) is 0 Å². The summed E-state index contributed by atoms with van der Waals surface area (Å²) in [6.07, 6.45) is 1.87. The number of likely N-dealkylation sites (N-methyl/N-ethyl adjacent to an activating group) is 3. The van der Waals surface area contributed by atoms with Gasteiger partial charge in [-0.1, -0.05) is 33.6 Å². The normalized spacial score (nSPS) is 11.7. The van der Waals surface area contributed by atoms with Crippen molar-refractivity contribution in [1.29, 1.82) is 0 Å². The van der Waals surface area contributed by atoms with Gasteiger partial charge in [0.1, 0.15) is 12.4 Å². The highest BCUT2D eigenvalue weighted by Gasteiger charge is 2.21. The van der Waals surface area contributed by atoms with Crippen LogP contribution in [0.5, 0.6) is 5.75 Å². The Morgan fingerprint density at radius 2 is 1.37 bits per heavy atom. The summed E-state index contributed by atoms with van der Waals surface area (Å²) in [6.45, 7) is 20.5. The number of rotatable bonds is 21. The van der Waals surface area contributed by atoms with E-state index in [2.05, 4.69) is 95.6 Å². The van der Waals surface area contributed by atoms with E-state index in [0.29, 0.717) is 6.61 Å². The average molecular weight is 628 g/mol. The summed E-state index contributed by atoms with van der Waals surface area (Å²) >= 11 is 6.18. The van der Waals surface area contributed by atoms with E-state index in [1.54, 1.807) is 0 Å². The zero-order valence-corrected chi connectivity index (χ0v) is 29.2. The molecule has 0 saturated carbocycles. The number of ether oxygens (including phenoxy) is 1. The Hall–Kier alpha value is -2.44. The maximum atomic E-state index is 6.18. The second kappa shape index (κ2) is 20.5. The van der Waals surface area contributed by atoms with E-state index < -0.39 is 6.49 Å². The highest BCUT2D eigenvalue weighted by atomic mass is 32.4. The molecule has 238 valence electrons. The lowest BCUT2D eigenvalue weighted by molar-refractivity contribution is 0.305. The van der Waals surface area contributed by atoms with Crippen molar-refractivity contribution in [3.8, 4) is 17.6 Å². The van der Waals surface area contributed by atoms with E-state index in [1.807, 2.05) is 49.2 Å². The molecule has 2 N–H and O–H groups in total. The third kappa shape index (κ3) is 13.0. The number of hydrogen-bond acceptors (Lipinski definition) is 6. The molecule has 8 nitrogen and oxygen atoms in total. The number of nitrogens with one attached hydrogen (secondary N) is 2. The second-order valence-electron chi connectivity index (χ2n) is 10.1. The largest absolute Gasteiger partial charge is 0.492 e. The summed E-state index contributed by atoms with van der Waals surface area (Å²) in [5.74, 6) is 6.89. The fourth-order valence-electron chi connectivity index (χ4n) is 4.58. The molecule has 0 fully saturated rings. The Bertz CT molecular complexity index is 1150. The molecule has 43 heavy (non-hydrogen) atoms. The van der Waals surface area contributed by atoms with Crippen LogP contribution in [0.15, 0.2) is 53.6 Å². The van der Waals surface area contributed by atoms with Gasteiger partial charge < -0.3 is 19.4 Å². The van der Waals surface area contributed by atoms with Crippen molar-refractivity contribution < 1.29 is 4.74 Å². The lowest BCUT2D eigenvalue weighted by Gasteiger charge is -2.33. The Morgan fingerprint density at radius 3 is 1.86 bits per heavy atom. The molecule has 2 aromatic rings. The maximum Gasteiger partial charge on any atom is 0.179 e. The van der Waals surface area contributed by atoms with E-state index >= 15 is 0 Å². The minimum absolute atomic E-state index is 0.599.